The van der Waals surface area contributed by atoms with Gasteiger partial charge in [0, 0.05) is 47.1 Å². The second-order valence-corrected chi connectivity index (χ2v) is 8.90. The molecule has 0 aliphatic carbocycles. The quantitative estimate of drug-likeness (QED) is 0.354. The summed E-state index contributed by atoms with van der Waals surface area (Å²) in [6.07, 6.45) is 4.84. The molecule has 1 N–H and O–H groups in total. The molecule has 6 rings (SSSR count). The first-order chi connectivity index (χ1) is 17.5. The molecule has 0 unspecified atom stereocenters. The van der Waals surface area contributed by atoms with E-state index in [1.54, 1.807) is 9.42 Å². The van der Waals surface area contributed by atoms with Gasteiger partial charge in [-0.3, -0.25) is 4.79 Å². The van der Waals surface area contributed by atoms with Crippen molar-refractivity contribution in [3.63, 3.8) is 0 Å². The van der Waals surface area contributed by atoms with E-state index in [4.69, 9.17) is 4.74 Å². The molecule has 1 aliphatic rings. The van der Waals surface area contributed by atoms with Crippen LogP contribution in [0.5, 0.6) is 11.5 Å². The van der Waals surface area contributed by atoms with E-state index in [0.717, 1.165) is 33.6 Å². The third-order valence-corrected chi connectivity index (χ3v) is 6.42. The number of rotatable bonds is 5. The third-order valence-electron chi connectivity index (χ3n) is 6.42. The Hall–Kier alpha value is -4.79. The SMILES string of the molecule is C=C1C(=O)N(c2ccc3ncnc(Nc4ccc(Oc5ccn6ncnc6c5)c(C)c4)c3c2)C[C@@H]1C. The minimum atomic E-state index is -0.0393. The molecule has 9 heteroatoms. The molecule has 36 heavy (non-hydrogen) atoms. The summed E-state index contributed by atoms with van der Waals surface area (Å²) in [6, 6.07) is 15.3. The zero-order valence-electron chi connectivity index (χ0n) is 19.8. The molecule has 1 fully saturated rings. The summed E-state index contributed by atoms with van der Waals surface area (Å²) in [5.41, 5.74) is 4.76. The zero-order chi connectivity index (χ0) is 24.8. The summed E-state index contributed by atoms with van der Waals surface area (Å²) in [6.45, 7) is 8.55. The van der Waals surface area contributed by atoms with Crippen LogP contribution >= 0.6 is 0 Å². The Morgan fingerprint density at radius 1 is 1.06 bits per heavy atom. The smallest absolute Gasteiger partial charge is 0.253 e. The van der Waals surface area contributed by atoms with Crippen molar-refractivity contribution in [1.29, 1.82) is 0 Å². The molecule has 178 valence electrons. The van der Waals surface area contributed by atoms with E-state index >= 15 is 0 Å². The van der Waals surface area contributed by atoms with E-state index in [2.05, 4.69) is 31.9 Å². The van der Waals surface area contributed by atoms with Gasteiger partial charge in [0.05, 0.1) is 5.52 Å². The number of benzene rings is 2. The van der Waals surface area contributed by atoms with Gasteiger partial charge in [-0.05, 0) is 55.0 Å². The topological polar surface area (TPSA) is 97.5 Å². The highest BCUT2D eigenvalue weighted by Gasteiger charge is 2.31. The molecular formula is C27H23N7O2. The van der Waals surface area contributed by atoms with Crippen LogP contribution in [0.4, 0.5) is 17.2 Å². The van der Waals surface area contributed by atoms with E-state index in [1.165, 1.54) is 12.7 Å². The van der Waals surface area contributed by atoms with Crippen LogP contribution in [0.1, 0.15) is 12.5 Å². The Bertz CT molecular complexity index is 1660. The fraction of sp³-hybridized carbons (Fsp3) is 0.148. The van der Waals surface area contributed by atoms with Gasteiger partial charge in [-0.1, -0.05) is 13.5 Å². The van der Waals surface area contributed by atoms with E-state index < -0.39 is 0 Å². The van der Waals surface area contributed by atoms with Crippen molar-refractivity contribution in [2.45, 2.75) is 13.8 Å². The van der Waals surface area contributed by atoms with Crippen LogP contribution in [0.15, 0.2) is 79.5 Å². The van der Waals surface area contributed by atoms with Crippen molar-refractivity contribution in [2.24, 2.45) is 5.92 Å². The number of hydrogen-bond donors (Lipinski definition) is 1. The van der Waals surface area contributed by atoms with Gasteiger partial charge in [-0.25, -0.2) is 19.5 Å². The van der Waals surface area contributed by atoms with Crippen molar-refractivity contribution in [2.75, 3.05) is 16.8 Å². The molecule has 5 aromatic rings. The first-order valence-corrected chi connectivity index (χ1v) is 11.6. The number of nitrogens with one attached hydrogen (secondary N) is 1. The number of hydrogen-bond acceptors (Lipinski definition) is 7. The molecule has 3 aromatic heterocycles. The average molecular weight is 478 g/mol. The monoisotopic (exact) mass is 477 g/mol. The normalized spacial score (nSPS) is 15.7. The predicted octanol–water partition coefficient (Wildman–Crippen LogP) is 5.06. The van der Waals surface area contributed by atoms with Crippen molar-refractivity contribution < 1.29 is 9.53 Å². The number of aromatic nitrogens is 5. The van der Waals surface area contributed by atoms with Gasteiger partial charge in [0.2, 0.25) is 0 Å². The maximum absolute atomic E-state index is 12.6. The standard InChI is InChI=1S/C27H23N7O2/c1-16-10-19(4-7-24(16)36-21-8-9-34-25(12-21)29-15-31-34)32-26-22-11-20(5-6-23(22)28-14-30-26)33-13-17(2)18(3)27(33)35/h4-12,14-15,17H,3,13H2,1-2H3,(H,28,30,32)/t17-/m0/s1. The van der Waals surface area contributed by atoms with Crippen molar-refractivity contribution >= 4 is 39.6 Å². The predicted molar refractivity (Wildman–Crippen MR) is 138 cm³/mol. The van der Waals surface area contributed by atoms with Gasteiger partial charge in [0.15, 0.2) is 5.65 Å². The molecule has 1 amide bonds. The van der Waals surface area contributed by atoms with Gasteiger partial charge < -0.3 is 15.0 Å². The van der Waals surface area contributed by atoms with E-state index in [0.29, 0.717) is 29.3 Å². The number of aryl methyl sites for hydroxylation is 1. The number of carbonyl (C=O) groups excluding carboxylic acids is 1. The summed E-state index contributed by atoms with van der Waals surface area (Å²) in [7, 11) is 0. The molecule has 0 saturated carbocycles. The number of pyridine rings is 1. The summed E-state index contributed by atoms with van der Waals surface area (Å²) in [5.74, 6) is 2.16. The molecule has 9 nitrogen and oxygen atoms in total. The number of amides is 1. The highest BCUT2D eigenvalue weighted by atomic mass is 16.5. The third kappa shape index (κ3) is 3.80. The fourth-order valence-electron chi connectivity index (χ4n) is 4.35. The second-order valence-electron chi connectivity index (χ2n) is 8.90. The zero-order valence-corrected chi connectivity index (χ0v) is 19.8. The lowest BCUT2D eigenvalue weighted by Crippen LogP contribution is -2.24. The number of fused-ring (bicyclic) bond motifs is 2. The van der Waals surface area contributed by atoms with Crippen LogP contribution in [0.3, 0.4) is 0 Å². The van der Waals surface area contributed by atoms with Crippen LogP contribution in [0.2, 0.25) is 0 Å². The van der Waals surface area contributed by atoms with Gasteiger partial charge in [0.1, 0.15) is 30.0 Å². The summed E-state index contributed by atoms with van der Waals surface area (Å²) < 4.78 is 7.76. The Morgan fingerprint density at radius 3 is 2.75 bits per heavy atom. The van der Waals surface area contributed by atoms with Crippen LogP contribution in [-0.2, 0) is 4.79 Å². The largest absolute Gasteiger partial charge is 0.457 e. The van der Waals surface area contributed by atoms with Gasteiger partial charge in [0.25, 0.3) is 5.91 Å². The van der Waals surface area contributed by atoms with Crippen molar-refractivity contribution in [3.8, 4) is 11.5 Å². The molecule has 0 radical (unpaired) electrons. The maximum Gasteiger partial charge on any atom is 0.253 e. The van der Waals surface area contributed by atoms with Crippen molar-refractivity contribution in [1.82, 2.24) is 24.6 Å². The Labute approximate surface area is 207 Å². The van der Waals surface area contributed by atoms with Crippen molar-refractivity contribution in [3.05, 3.63) is 85.1 Å². The lowest BCUT2D eigenvalue weighted by molar-refractivity contribution is -0.114. The Balaban J connectivity index is 1.27. The van der Waals surface area contributed by atoms with E-state index in [1.807, 2.05) is 68.6 Å². The highest BCUT2D eigenvalue weighted by Crippen LogP contribution is 2.33. The molecular weight excluding hydrogens is 454 g/mol. The molecule has 4 heterocycles. The molecule has 0 spiro atoms. The van der Waals surface area contributed by atoms with Crippen LogP contribution in [0, 0.1) is 12.8 Å². The summed E-state index contributed by atoms with van der Waals surface area (Å²) in [5, 5.41) is 8.33. The minimum Gasteiger partial charge on any atom is -0.457 e. The Kier molecular flexibility index (Phi) is 5.10. The lowest BCUT2D eigenvalue weighted by Gasteiger charge is -2.17. The van der Waals surface area contributed by atoms with E-state index in [-0.39, 0.29) is 11.8 Å². The molecule has 1 saturated heterocycles. The van der Waals surface area contributed by atoms with Crippen LogP contribution < -0.4 is 15.0 Å². The van der Waals surface area contributed by atoms with Crippen LogP contribution in [0.25, 0.3) is 16.6 Å². The maximum atomic E-state index is 12.6. The highest BCUT2D eigenvalue weighted by molar-refractivity contribution is 6.09. The second kappa shape index (κ2) is 8.46. The number of ether oxygens (including phenoxy) is 1. The van der Waals surface area contributed by atoms with Gasteiger partial charge >= 0.3 is 0 Å². The number of carbonyl (C=O) groups is 1. The summed E-state index contributed by atoms with van der Waals surface area (Å²) >= 11 is 0. The van der Waals surface area contributed by atoms with E-state index in [9.17, 15) is 4.79 Å². The van der Waals surface area contributed by atoms with Gasteiger partial charge in [-0.2, -0.15) is 5.10 Å². The van der Waals surface area contributed by atoms with Gasteiger partial charge in [-0.15, -0.1) is 0 Å². The Morgan fingerprint density at radius 2 is 1.94 bits per heavy atom. The molecule has 2 aromatic carbocycles. The first kappa shape index (κ1) is 21.7. The number of anilines is 3. The molecule has 1 atom stereocenters. The number of nitrogens with zero attached hydrogens (tertiary/aromatic N) is 6. The molecule has 1 aliphatic heterocycles. The fourth-order valence-corrected chi connectivity index (χ4v) is 4.35. The average Bonchev–Trinajstić information content (AvgIpc) is 3.45. The molecule has 0 bridgehead atoms. The first-order valence-electron chi connectivity index (χ1n) is 11.6. The lowest BCUT2D eigenvalue weighted by atomic mass is 10.1. The summed E-state index contributed by atoms with van der Waals surface area (Å²) in [4.78, 5) is 27.5. The van der Waals surface area contributed by atoms with Crippen LogP contribution in [-0.4, -0.2) is 37.0 Å². The minimum absolute atomic E-state index is 0.0393.